The highest BCUT2D eigenvalue weighted by atomic mass is 32.2. The van der Waals surface area contributed by atoms with Gasteiger partial charge in [-0.15, -0.1) is 10.2 Å². The van der Waals surface area contributed by atoms with E-state index in [1.807, 2.05) is 32.9 Å². The zero-order chi connectivity index (χ0) is 16.4. The zero-order valence-electron chi connectivity index (χ0n) is 13.4. The molecule has 0 spiro atoms. The highest BCUT2D eigenvalue weighted by molar-refractivity contribution is 8.01. The van der Waals surface area contributed by atoms with Gasteiger partial charge in [0.2, 0.25) is 5.91 Å². The Hall–Kier alpha value is -1.44. The maximum atomic E-state index is 12.3. The second-order valence-electron chi connectivity index (χ2n) is 5.86. The molecule has 1 unspecified atom stereocenters. The maximum Gasteiger partial charge on any atom is 0.227 e. The molecule has 0 bridgehead atoms. The van der Waals surface area contributed by atoms with E-state index in [1.165, 1.54) is 0 Å². The van der Waals surface area contributed by atoms with Crippen molar-refractivity contribution in [1.29, 1.82) is 0 Å². The average Bonchev–Trinajstić information content (AvgIpc) is 2.85. The van der Waals surface area contributed by atoms with Crippen molar-refractivity contribution >= 4 is 34.7 Å². The minimum atomic E-state index is 0.0362. The quantitative estimate of drug-likeness (QED) is 0.869. The van der Waals surface area contributed by atoms with Crippen molar-refractivity contribution in [3.8, 4) is 0 Å². The smallest absolute Gasteiger partial charge is 0.227 e. The molecule has 1 aromatic carbocycles. The Kier molecular flexibility index (Phi) is 4.99. The van der Waals surface area contributed by atoms with Gasteiger partial charge in [-0.25, -0.2) is 0 Å². The van der Waals surface area contributed by atoms with Crippen LogP contribution < -0.4 is 10.6 Å². The molecule has 7 heteroatoms. The number of benzene rings is 1. The number of hydrogen-bond donors (Lipinski definition) is 2. The monoisotopic (exact) mass is 348 g/mol. The first-order chi connectivity index (χ1) is 11.0. The molecule has 1 amide bonds. The van der Waals surface area contributed by atoms with Gasteiger partial charge in [-0.05, 0) is 56.6 Å². The highest BCUT2D eigenvalue weighted by Crippen LogP contribution is 2.32. The minimum Gasteiger partial charge on any atom is -0.326 e. The summed E-state index contributed by atoms with van der Waals surface area (Å²) in [5, 5.41) is 15.4. The van der Waals surface area contributed by atoms with Gasteiger partial charge in [-0.1, -0.05) is 30.0 Å². The van der Waals surface area contributed by atoms with Gasteiger partial charge in [0.25, 0.3) is 0 Å². The molecule has 1 aliphatic heterocycles. The van der Waals surface area contributed by atoms with Gasteiger partial charge in [0.1, 0.15) is 5.01 Å². The van der Waals surface area contributed by atoms with E-state index >= 15 is 0 Å². The summed E-state index contributed by atoms with van der Waals surface area (Å²) >= 11 is 3.18. The van der Waals surface area contributed by atoms with Crippen LogP contribution in [0.4, 0.5) is 5.69 Å². The third-order valence-corrected chi connectivity index (χ3v) is 5.98. The van der Waals surface area contributed by atoms with Crippen LogP contribution in [0.1, 0.15) is 17.5 Å². The summed E-state index contributed by atoms with van der Waals surface area (Å²) in [6.07, 6.45) is 0. The molecule has 2 heterocycles. The number of amides is 1. The first kappa shape index (κ1) is 16.4. The van der Waals surface area contributed by atoms with E-state index in [2.05, 4.69) is 26.9 Å². The zero-order valence-corrected chi connectivity index (χ0v) is 15.1. The molecule has 122 valence electrons. The Morgan fingerprint density at radius 3 is 2.74 bits per heavy atom. The summed E-state index contributed by atoms with van der Waals surface area (Å²) in [6, 6.07) is 6.06. The molecular weight excluding hydrogens is 328 g/mol. The number of rotatable bonds is 5. The Morgan fingerprint density at radius 1 is 1.39 bits per heavy atom. The van der Waals surface area contributed by atoms with Crippen molar-refractivity contribution in [3.05, 3.63) is 28.8 Å². The van der Waals surface area contributed by atoms with Crippen molar-refractivity contribution in [2.75, 3.05) is 18.4 Å². The predicted molar refractivity (Wildman–Crippen MR) is 94.1 cm³/mol. The van der Waals surface area contributed by atoms with Crippen LogP contribution in [0.3, 0.4) is 0 Å². The molecule has 0 aliphatic carbocycles. The number of nitrogens with one attached hydrogen (secondary N) is 2. The number of nitrogens with zero attached hydrogens (tertiary/aromatic N) is 2. The highest BCUT2D eigenvalue weighted by Gasteiger charge is 2.28. The summed E-state index contributed by atoms with van der Waals surface area (Å²) in [6.45, 7) is 7.83. The predicted octanol–water partition coefficient (Wildman–Crippen LogP) is 3.10. The Labute approximate surface area is 144 Å². The van der Waals surface area contributed by atoms with Crippen LogP contribution in [0.5, 0.6) is 0 Å². The van der Waals surface area contributed by atoms with Crippen LogP contribution in [0.25, 0.3) is 0 Å². The number of anilines is 1. The third-order valence-electron chi connectivity index (χ3n) is 4.10. The first-order valence-corrected chi connectivity index (χ1v) is 9.26. The van der Waals surface area contributed by atoms with Gasteiger partial charge >= 0.3 is 0 Å². The van der Waals surface area contributed by atoms with E-state index in [0.29, 0.717) is 5.92 Å². The molecule has 5 nitrogen and oxygen atoms in total. The lowest BCUT2D eigenvalue weighted by atomic mass is 9.88. The fraction of sp³-hybridized carbons (Fsp3) is 0.438. The summed E-state index contributed by atoms with van der Waals surface area (Å²) in [7, 11) is 0. The standard InChI is InChI=1S/C16H20N4OS2/c1-9-6-13(23-16-20-19-11(3)22-16)4-5-14(9)18-15(21)10(2)12-7-17-8-12/h4-6,10,12,17H,7-8H2,1-3H3,(H,18,21). The van der Waals surface area contributed by atoms with E-state index < -0.39 is 0 Å². The Balaban J connectivity index is 1.65. The molecule has 0 saturated carbocycles. The van der Waals surface area contributed by atoms with Gasteiger partial charge < -0.3 is 10.6 Å². The minimum absolute atomic E-state index is 0.0362. The van der Waals surface area contributed by atoms with Gasteiger partial charge in [0.05, 0.1) is 0 Å². The lowest BCUT2D eigenvalue weighted by molar-refractivity contribution is -0.121. The SMILES string of the molecule is Cc1nnc(Sc2ccc(NC(=O)C(C)C3CNC3)c(C)c2)s1. The summed E-state index contributed by atoms with van der Waals surface area (Å²) in [4.78, 5) is 13.4. The van der Waals surface area contributed by atoms with E-state index in [1.54, 1.807) is 23.1 Å². The van der Waals surface area contributed by atoms with Gasteiger partial charge in [-0.3, -0.25) is 4.79 Å². The summed E-state index contributed by atoms with van der Waals surface area (Å²) in [5.74, 6) is 0.583. The number of hydrogen-bond acceptors (Lipinski definition) is 6. The van der Waals surface area contributed by atoms with Crippen molar-refractivity contribution < 1.29 is 4.79 Å². The fourth-order valence-electron chi connectivity index (χ4n) is 2.39. The normalized spacial score (nSPS) is 16.0. The van der Waals surface area contributed by atoms with Gasteiger partial charge in [-0.2, -0.15) is 0 Å². The van der Waals surface area contributed by atoms with Crippen molar-refractivity contribution in [3.63, 3.8) is 0 Å². The summed E-state index contributed by atoms with van der Waals surface area (Å²) < 4.78 is 0.935. The third kappa shape index (κ3) is 3.91. The van der Waals surface area contributed by atoms with E-state index in [9.17, 15) is 4.79 Å². The van der Waals surface area contributed by atoms with Gasteiger partial charge in [0.15, 0.2) is 4.34 Å². The summed E-state index contributed by atoms with van der Waals surface area (Å²) in [5.41, 5.74) is 1.94. The van der Waals surface area contributed by atoms with E-state index in [0.717, 1.165) is 38.6 Å². The van der Waals surface area contributed by atoms with E-state index in [4.69, 9.17) is 0 Å². The van der Waals surface area contributed by atoms with Crippen LogP contribution in [-0.2, 0) is 4.79 Å². The first-order valence-electron chi connectivity index (χ1n) is 7.63. The number of aromatic nitrogens is 2. The second-order valence-corrected chi connectivity index (χ2v) is 8.36. The molecule has 1 saturated heterocycles. The van der Waals surface area contributed by atoms with Crippen LogP contribution in [0.2, 0.25) is 0 Å². The maximum absolute atomic E-state index is 12.3. The molecule has 1 aliphatic rings. The molecule has 0 radical (unpaired) electrons. The van der Waals surface area contributed by atoms with Crippen molar-refractivity contribution in [2.45, 2.75) is 30.0 Å². The topological polar surface area (TPSA) is 66.9 Å². The second kappa shape index (κ2) is 6.98. The van der Waals surface area contributed by atoms with Crippen molar-refractivity contribution in [1.82, 2.24) is 15.5 Å². The lowest BCUT2D eigenvalue weighted by Crippen LogP contribution is -2.48. The molecule has 1 atom stereocenters. The molecule has 2 aromatic rings. The Morgan fingerprint density at radius 2 is 2.17 bits per heavy atom. The Bertz CT molecular complexity index is 712. The molecular formula is C16H20N4OS2. The van der Waals surface area contributed by atoms with E-state index in [-0.39, 0.29) is 11.8 Å². The average molecular weight is 348 g/mol. The molecule has 1 aromatic heterocycles. The van der Waals surface area contributed by atoms with Gasteiger partial charge in [0, 0.05) is 16.5 Å². The molecule has 1 fully saturated rings. The van der Waals surface area contributed by atoms with Crippen LogP contribution in [-0.4, -0.2) is 29.2 Å². The fourth-order valence-corrected chi connectivity index (χ4v) is 4.27. The molecule has 23 heavy (non-hydrogen) atoms. The number of carbonyl (C=O) groups excluding carboxylic acids is 1. The van der Waals surface area contributed by atoms with Crippen molar-refractivity contribution in [2.24, 2.45) is 11.8 Å². The molecule has 3 rings (SSSR count). The largest absolute Gasteiger partial charge is 0.326 e. The number of aryl methyl sites for hydroxylation is 2. The van der Waals surface area contributed by atoms with Crippen LogP contribution >= 0.6 is 23.1 Å². The van der Waals surface area contributed by atoms with Crippen LogP contribution in [0.15, 0.2) is 27.4 Å². The number of carbonyl (C=O) groups is 1. The lowest BCUT2D eigenvalue weighted by Gasteiger charge is -2.31. The molecule has 2 N–H and O–H groups in total. The van der Waals surface area contributed by atoms with Crippen LogP contribution in [0, 0.1) is 25.7 Å².